The van der Waals surface area contributed by atoms with Crippen LogP contribution in [0.25, 0.3) is 0 Å². The zero-order valence-electron chi connectivity index (χ0n) is 32.4. The molecule has 0 aliphatic heterocycles. The molecule has 1 unspecified atom stereocenters. The molecule has 1 amide bonds. The van der Waals surface area contributed by atoms with E-state index in [0.717, 1.165) is 37.9 Å². The van der Waals surface area contributed by atoms with Gasteiger partial charge >= 0.3 is 0 Å². The summed E-state index contributed by atoms with van der Waals surface area (Å²) in [6.07, 6.45) is 23.6. The molecule has 0 heterocycles. The monoisotopic (exact) mass is 657 g/mol. The number of hydrogen-bond donors (Lipinski definition) is 0. The van der Waals surface area contributed by atoms with Crippen molar-refractivity contribution in [3.05, 3.63) is 131 Å². The quantitative estimate of drug-likeness (QED) is 0.156. The van der Waals surface area contributed by atoms with Crippen molar-refractivity contribution >= 4 is 5.91 Å². The Labute approximate surface area is 296 Å². The van der Waals surface area contributed by atoms with Gasteiger partial charge in [0.25, 0.3) is 0 Å². The molecule has 0 N–H and O–H groups in total. The number of hydrogen-bond acceptors (Lipinski definition) is 3. The van der Waals surface area contributed by atoms with E-state index in [1.165, 1.54) is 28.0 Å². The molecule has 1 atom stereocenters. The number of rotatable bonds is 17. The highest BCUT2D eigenvalue weighted by Crippen LogP contribution is 2.24. The second-order valence-corrected chi connectivity index (χ2v) is 12.4. The highest BCUT2D eigenvalue weighted by molar-refractivity contribution is 5.79. The van der Waals surface area contributed by atoms with E-state index in [2.05, 4.69) is 110 Å². The summed E-state index contributed by atoms with van der Waals surface area (Å²) in [5.41, 5.74) is 6.36. The second-order valence-electron chi connectivity index (χ2n) is 12.4. The molecule has 1 aliphatic carbocycles. The highest BCUT2D eigenvalue weighted by atomic mass is 16.5. The van der Waals surface area contributed by atoms with Gasteiger partial charge in [0.15, 0.2) is 0 Å². The maximum atomic E-state index is 13.7. The molecule has 1 aromatic rings. The van der Waals surface area contributed by atoms with Crippen LogP contribution in [0.15, 0.2) is 131 Å². The average molecular weight is 657 g/mol. The van der Waals surface area contributed by atoms with Crippen molar-refractivity contribution in [3.8, 4) is 0 Å². The second kappa shape index (κ2) is 27.2. The minimum atomic E-state index is -0.0434. The summed E-state index contributed by atoms with van der Waals surface area (Å²) in [5, 5.41) is 0. The van der Waals surface area contributed by atoms with E-state index in [9.17, 15) is 4.79 Å². The molecule has 0 fully saturated rings. The molecule has 0 saturated carbocycles. The number of allylic oxidation sites excluding steroid dienone is 12. The highest BCUT2D eigenvalue weighted by Gasteiger charge is 2.20. The molecule has 2 rings (SSSR count). The topological polar surface area (TPSA) is 32.8 Å². The average Bonchev–Trinajstić information content (AvgIpc) is 3.25. The number of benzene rings is 1. The van der Waals surface area contributed by atoms with Crippen molar-refractivity contribution < 1.29 is 9.53 Å². The van der Waals surface area contributed by atoms with E-state index in [0.29, 0.717) is 25.6 Å². The molecule has 0 aromatic heterocycles. The fourth-order valence-electron chi connectivity index (χ4n) is 5.09. The van der Waals surface area contributed by atoms with Gasteiger partial charge in [0.05, 0.1) is 6.61 Å². The minimum absolute atomic E-state index is 0.0434. The molecule has 0 bridgehead atoms. The van der Waals surface area contributed by atoms with Crippen LogP contribution in [0.2, 0.25) is 0 Å². The molecule has 0 radical (unpaired) electrons. The van der Waals surface area contributed by atoms with Crippen molar-refractivity contribution in [2.75, 3.05) is 33.8 Å². The van der Waals surface area contributed by atoms with Crippen molar-refractivity contribution in [3.63, 3.8) is 0 Å². The van der Waals surface area contributed by atoms with Crippen LogP contribution in [-0.2, 0) is 9.53 Å². The van der Waals surface area contributed by atoms with Crippen LogP contribution in [0.5, 0.6) is 0 Å². The van der Waals surface area contributed by atoms with Crippen molar-refractivity contribution in [1.82, 2.24) is 9.80 Å². The van der Waals surface area contributed by atoms with Gasteiger partial charge in [0.1, 0.15) is 5.76 Å². The van der Waals surface area contributed by atoms with Crippen LogP contribution in [0, 0.1) is 11.8 Å². The minimum Gasteiger partial charge on any atom is -0.494 e. The van der Waals surface area contributed by atoms with Gasteiger partial charge in [0, 0.05) is 38.8 Å². The van der Waals surface area contributed by atoms with Crippen LogP contribution >= 0.6 is 0 Å². The van der Waals surface area contributed by atoms with E-state index in [1.807, 2.05) is 74.2 Å². The van der Waals surface area contributed by atoms with Gasteiger partial charge in [-0.15, -0.1) is 0 Å². The molecule has 0 spiro atoms. The van der Waals surface area contributed by atoms with E-state index < -0.39 is 0 Å². The summed E-state index contributed by atoms with van der Waals surface area (Å²) in [5.74, 6) is 1.50. The van der Waals surface area contributed by atoms with E-state index >= 15 is 0 Å². The first kappa shape index (κ1) is 44.2. The normalized spacial score (nSPS) is 14.3. The van der Waals surface area contributed by atoms with E-state index in [1.54, 1.807) is 0 Å². The summed E-state index contributed by atoms with van der Waals surface area (Å²) in [6.45, 7) is 24.6. The molecular formula is C44H68N2O2. The fraction of sp³-hybridized carbons (Fsp3) is 0.477. The summed E-state index contributed by atoms with van der Waals surface area (Å²) in [6, 6.07) is 12.0. The molecule has 48 heavy (non-hydrogen) atoms. The number of carbonyl (C=O) groups is 1. The Morgan fingerprint density at radius 3 is 2.15 bits per heavy atom. The number of amides is 1. The maximum Gasteiger partial charge on any atom is 0.225 e. The van der Waals surface area contributed by atoms with E-state index in [4.69, 9.17) is 4.74 Å². The van der Waals surface area contributed by atoms with Gasteiger partial charge in [-0.1, -0.05) is 132 Å². The lowest BCUT2D eigenvalue weighted by atomic mass is 9.96. The lowest BCUT2D eigenvalue weighted by Gasteiger charge is -2.25. The SMILES string of the molecule is C=C/C=C(\C=C/CN(C/C(C)=C/C=C(\CC)N(C)C)C(=O)C(C)CCCC1=C(C)CC=CC(OCC)=C1)C(C)C.CC.c1ccccc1. The first-order valence-corrected chi connectivity index (χ1v) is 18.0. The van der Waals surface area contributed by atoms with E-state index in [-0.39, 0.29) is 11.8 Å². The molecular weight excluding hydrogens is 588 g/mol. The lowest BCUT2D eigenvalue weighted by molar-refractivity contribution is -0.134. The number of carbonyl (C=O) groups excluding carboxylic acids is 1. The third kappa shape index (κ3) is 19.1. The Kier molecular flexibility index (Phi) is 25.0. The summed E-state index contributed by atoms with van der Waals surface area (Å²) < 4.78 is 5.77. The number of ether oxygens (including phenoxy) is 1. The molecule has 1 aromatic carbocycles. The predicted octanol–water partition coefficient (Wildman–Crippen LogP) is 11.7. The van der Waals surface area contributed by atoms with Crippen LogP contribution in [0.4, 0.5) is 0 Å². The van der Waals surface area contributed by atoms with Gasteiger partial charge < -0.3 is 14.5 Å². The standard InChI is InChI=1S/C36H56N2O2.C6H6.C2H6/c1-11-17-32(28(4)5)21-16-25-38(27-29(6)23-24-34(12-2)37(9)10)36(39)31(8)19-14-20-33-26-35(40-13-3)22-15-18-30(33)7;1-2-4-6-5-3-1;1-2/h11,15-17,21-24,26,28,31H,1,12-14,18-20,25,27H2,2-10H3;1-6H;1-2H3/b21-16-,29-23+,32-17+,34-24+;;. The van der Waals surface area contributed by atoms with Gasteiger partial charge in [-0.2, -0.15) is 0 Å². The number of nitrogens with zero attached hydrogens (tertiary/aromatic N) is 2. The van der Waals surface area contributed by atoms with Crippen LogP contribution in [-0.4, -0.2) is 49.5 Å². The molecule has 266 valence electrons. The lowest BCUT2D eigenvalue weighted by Crippen LogP contribution is -2.36. The Morgan fingerprint density at radius 1 is 1.00 bits per heavy atom. The van der Waals surface area contributed by atoms with Crippen molar-refractivity contribution in [1.29, 1.82) is 0 Å². The third-order valence-corrected chi connectivity index (χ3v) is 7.92. The van der Waals surface area contributed by atoms with Crippen LogP contribution in [0.1, 0.15) is 94.4 Å². The molecule has 0 saturated heterocycles. The van der Waals surface area contributed by atoms with Gasteiger partial charge in [0.2, 0.25) is 5.91 Å². The summed E-state index contributed by atoms with van der Waals surface area (Å²) in [7, 11) is 4.14. The Bertz CT molecular complexity index is 1230. The first-order valence-electron chi connectivity index (χ1n) is 18.0. The van der Waals surface area contributed by atoms with Crippen LogP contribution in [0.3, 0.4) is 0 Å². The van der Waals surface area contributed by atoms with Gasteiger partial charge in [-0.05, 0) is 88.2 Å². The Morgan fingerprint density at radius 2 is 1.62 bits per heavy atom. The zero-order valence-corrected chi connectivity index (χ0v) is 32.4. The van der Waals surface area contributed by atoms with Crippen molar-refractivity contribution in [2.45, 2.75) is 94.4 Å². The maximum absolute atomic E-state index is 13.7. The molecule has 1 aliphatic rings. The summed E-state index contributed by atoms with van der Waals surface area (Å²) in [4.78, 5) is 17.9. The smallest absolute Gasteiger partial charge is 0.225 e. The molecule has 4 nitrogen and oxygen atoms in total. The van der Waals surface area contributed by atoms with Crippen molar-refractivity contribution in [2.24, 2.45) is 11.8 Å². The fourth-order valence-corrected chi connectivity index (χ4v) is 5.09. The Balaban J connectivity index is 0.00000243. The first-order chi connectivity index (χ1) is 23.0. The summed E-state index contributed by atoms with van der Waals surface area (Å²) >= 11 is 0. The van der Waals surface area contributed by atoms with Gasteiger partial charge in [-0.25, -0.2) is 0 Å². The predicted molar refractivity (Wildman–Crippen MR) is 212 cm³/mol. The van der Waals surface area contributed by atoms with Crippen LogP contribution < -0.4 is 0 Å². The van der Waals surface area contributed by atoms with Gasteiger partial charge in [-0.3, -0.25) is 4.79 Å². The zero-order chi connectivity index (χ0) is 36.3. The Hall–Kier alpha value is -3.79. The molecule has 4 heteroatoms. The largest absolute Gasteiger partial charge is 0.494 e. The third-order valence-electron chi connectivity index (χ3n) is 7.92.